The Morgan fingerprint density at radius 2 is 0.971 bits per heavy atom. The summed E-state index contributed by atoms with van der Waals surface area (Å²) in [5, 5.41) is 2.53. The highest BCUT2D eigenvalue weighted by molar-refractivity contribution is 6.21. The van der Waals surface area contributed by atoms with Gasteiger partial charge >= 0.3 is 0 Å². The lowest BCUT2D eigenvalue weighted by molar-refractivity contribution is 1.28. The van der Waals surface area contributed by atoms with Crippen LogP contribution in [-0.2, 0) is 0 Å². The van der Waals surface area contributed by atoms with Gasteiger partial charge in [-0.05, 0) is 51.7 Å². The fourth-order valence-electron chi connectivity index (χ4n) is 5.20. The van der Waals surface area contributed by atoms with E-state index in [9.17, 15) is 0 Å². The summed E-state index contributed by atoms with van der Waals surface area (Å²) >= 11 is 0. The maximum Gasteiger partial charge on any atom is 0.0795 e. The van der Waals surface area contributed by atoms with Crippen LogP contribution in [0.25, 0.3) is 66.7 Å². The third-order valence-corrected chi connectivity index (χ3v) is 6.61. The molecule has 0 saturated heterocycles. The van der Waals surface area contributed by atoms with Gasteiger partial charge in [-0.25, -0.2) is 4.98 Å². The molecule has 0 spiro atoms. The number of fused-ring (bicyclic) bond motifs is 3. The third kappa shape index (κ3) is 2.74. The molecule has 0 bridgehead atoms. The average molecular weight is 434 g/mol. The van der Waals surface area contributed by atoms with E-state index in [1.807, 2.05) is 43.0 Å². The van der Waals surface area contributed by atoms with Gasteiger partial charge in [0, 0.05) is 52.6 Å². The van der Waals surface area contributed by atoms with E-state index < -0.39 is 0 Å². The number of benzene rings is 3. The van der Waals surface area contributed by atoms with Gasteiger partial charge in [-0.15, -0.1) is 0 Å². The molecule has 3 aromatic carbocycles. The van der Waals surface area contributed by atoms with Crippen LogP contribution in [0.2, 0.25) is 0 Å². The van der Waals surface area contributed by atoms with E-state index in [1.165, 1.54) is 33.0 Å². The third-order valence-electron chi connectivity index (χ3n) is 6.61. The Bertz CT molecular complexity index is 1670. The van der Waals surface area contributed by atoms with Crippen molar-refractivity contribution < 1.29 is 0 Å². The molecule has 3 nitrogen and oxygen atoms in total. The Hall–Kier alpha value is -4.63. The molecular weight excluding hydrogens is 414 g/mol. The van der Waals surface area contributed by atoms with Crippen LogP contribution in [0, 0.1) is 0 Å². The monoisotopic (exact) mass is 433 g/mol. The van der Waals surface area contributed by atoms with Gasteiger partial charge in [0.05, 0.1) is 11.4 Å². The molecule has 1 aliphatic rings. The summed E-state index contributed by atoms with van der Waals surface area (Å²) in [6.45, 7) is 0. The second-order valence-electron chi connectivity index (χ2n) is 8.48. The minimum atomic E-state index is 0.974. The molecule has 3 aromatic heterocycles. The van der Waals surface area contributed by atoms with Gasteiger partial charge in [0.2, 0.25) is 0 Å². The van der Waals surface area contributed by atoms with Crippen molar-refractivity contribution in [2.75, 3.05) is 0 Å². The highest BCUT2D eigenvalue weighted by Gasteiger charge is 2.31. The number of nitrogens with zero attached hydrogens (tertiary/aromatic N) is 3. The Kier molecular flexibility index (Phi) is 4.15. The Morgan fingerprint density at radius 1 is 0.412 bits per heavy atom. The van der Waals surface area contributed by atoms with Gasteiger partial charge in [-0.2, -0.15) is 0 Å². The first-order chi connectivity index (χ1) is 16.9. The molecule has 0 atom stereocenters. The predicted molar refractivity (Wildman–Crippen MR) is 138 cm³/mol. The minimum absolute atomic E-state index is 0.974. The van der Waals surface area contributed by atoms with Crippen molar-refractivity contribution in [3.63, 3.8) is 0 Å². The fraction of sp³-hybridized carbons (Fsp3) is 0. The zero-order valence-corrected chi connectivity index (χ0v) is 18.3. The minimum Gasteiger partial charge on any atom is -0.265 e. The first-order valence-electron chi connectivity index (χ1n) is 11.4. The van der Waals surface area contributed by atoms with E-state index in [-0.39, 0.29) is 0 Å². The van der Waals surface area contributed by atoms with E-state index in [4.69, 9.17) is 4.98 Å². The van der Waals surface area contributed by atoms with Crippen molar-refractivity contribution in [3.05, 3.63) is 116 Å². The lowest BCUT2D eigenvalue weighted by Crippen LogP contribution is -1.98. The smallest absolute Gasteiger partial charge is 0.0795 e. The van der Waals surface area contributed by atoms with Crippen LogP contribution in [0.1, 0.15) is 0 Å². The molecule has 0 fully saturated rings. The normalized spacial score (nSPS) is 11.5. The summed E-state index contributed by atoms with van der Waals surface area (Å²) in [6, 6.07) is 31.9. The fourth-order valence-corrected chi connectivity index (χ4v) is 5.20. The molecule has 3 heterocycles. The zero-order chi connectivity index (χ0) is 22.5. The summed E-state index contributed by atoms with van der Waals surface area (Å²) < 4.78 is 0. The maximum atomic E-state index is 5.38. The van der Waals surface area contributed by atoms with Gasteiger partial charge in [0.25, 0.3) is 0 Å². The Morgan fingerprint density at radius 3 is 1.65 bits per heavy atom. The molecule has 0 radical (unpaired) electrons. The standard InChI is InChI=1S/C31H19N3/c1-2-6-22(7-3-1)30-27(21-12-16-32-17-13-21)28-24-10-4-8-20-9-5-11-25(26(20)24)29(28)31(34-30)23-14-18-33-19-15-23/h1-19H. The molecule has 7 rings (SSSR count). The van der Waals surface area contributed by atoms with Crippen LogP contribution in [0.15, 0.2) is 116 Å². The maximum absolute atomic E-state index is 5.38. The molecule has 0 unspecified atom stereocenters. The van der Waals surface area contributed by atoms with Crippen molar-refractivity contribution in [2.24, 2.45) is 0 Å². The van der Waals surface area contributed by atoms with Gasteiger partial charge in [0.1, 0.15) is 0 Å². The van der Waals surface area contributed by atoms with Crippen molar-refractivity contribution in [2.45, 2.75) is 0 Å². The number of aromatic nitrogens is 3. The molecule has 158 valence electrons. The lowest BCUT2D eigenvalue weighted by atomic mass is 9.88. The molecule has 0 aliphatic heterocycles. The average Bonchev–Trinajstić information content (AvgIpc) is 3.26. The summed E-state index contributed by atoms with van der Waals surface area (Å²) in [4.78, 5) is 13.9. The molecule has 0 N–H and O–H groups in total. The highest BCUT2D eigenvalue weighted by Crippen LogP contribution is 2.55. The summed E-state index contributed by atoms with van der Waals surface area (Å²) in [5.41, 5.74) is 11.3. The van der Waals surface area contributed by atoms with Gasteiger partial charge in [-0.1, -0.05) is 66.7 Å². The number of hydrogen-bond acceptors (Lipinski definition) is 3. The van der Waals surface area contributed by atoms with Crippen molar-refractivity contribution >= 4 is 10.8 Å². The summed E-state index contributed by atoms with van der Waals surface area (Å²) in [5.74, 6) is 0. The van der Waals surface area contributed by atoms with Gasteiger partial charge in [-0.3, -0.25) is 9.97 Å². The number of hydrogen-bond donors (Lipinski definition) is 0. The lowest BCUT2D eigenvalue weighted by Gasteiger charge is -2.19. The van der Waals surface area contributed by atoms with Crippen molar-refractivity contribution in [1.82, 2.24) is 15.0 Å². The molecule has 3 heteroatoms. The van der Waals surface area contributed by atoms with Crippen molar-refractivity contribution in [3.8, 4) is 55.9 Å². The zero-order valence-electron chi connectivity index (χ0n) is 18.3. The topological polar surface area (TPSA) is 38.7 Å². The second-order valence-corrected chi connectivity index (χ2v) is 8.48. The van der Waals surface area contributed by atoms with Crippen LogP contribution < -0.4 is 0 Å². The summed E-state index contributed by atoms with van der Waals surface area (Å²) in [6.07, 6.45) is 7.39. The molecule has 6 aromatic rings. The van der Waals surface area contributed by atoms with Crippen LogP contribution in [0.5, 0.6) is 0 Å². The van der Waals surface area contributed by atoms with E-state index in [1.54, 1.807) is 0 Å². The quantitative estimate of drug-likeness (QED) is 0.287. The van der Waals surface area contributed by atoms with Gasteiger partial charge in [0.15, 0.2) is 0 Å². The van der Waals surface area contributed by atoms with Gasteiger partial charge < -0.3 is 0 Å². The molecule has 0 amide bonds. The number of rotatable bonds is 3. The predicted octanol–water partition coefficient (Wildman–Crippen LogP) is 7.67. The molecule has 34 heavy (non-hydrogen) atoms. The molecule has 0 saturated carbocycles. The first kappa shape index (κ1) is 18.9. The molecule has 1 aliphatic carbocycles. The van der Waals surface area contributed by atoms with Crippen molar-refractivity contribution in [1.29, 1.82) is 0 Å². The Labute approximate surface area is 197 Å². The van der Waals surface area contributed by atoms with Crippen LogP contribution >= 0.6 is 0 Å². The van der Waals surface area contributed by atoms with Crippen LogP contribution in [0.4, 0.5) is 0 Å². The summed E-state index contributed by atoms with van der Waals surface area (Å²) in [7, 11) is 0. The van der Waals surface area contributed by atoms with E-state index in [2.05, 4.69) is 82.8 Å². The largest absolute Gasteiger partial charge is 0.265 e. The SMILES string of the molecule is c1ccc(-c2nc(-c3ccncc3)c3c(c2-c2ccncc2)-c2cccc4cccc-3c24)cc1. The van der Waals surface area contributed by atoms with Crippen LogP contribution in [-0.4, -0.2) is 15.0 Å². The van der Waals surface area contributed by atoms with E-state index in [0.717, 1.165) is 33.6 Å². The second kappa shape index (κ2) is 7.46. The van der Waals surface area contributed by atoms with E-state index >= 15 is 0 Å². The first-order valence-corrected chi connectivity index (χ1v) is 11.4. The molecular formula is C31H19N3. The number of pyridine rings is 3. The highest BCUT2D eigenvalue weighted by atomic mass is 14.7. The van der Waals surface area contributed by atoms with E-state index in [0.29, 0.717) is 0 Å². The Balaban J connectivity index is 1.71. The van der Waals surface area contributed by atoms with Crippen LogP contribution in [0.3, 0.4) is 0 Å².